The summed E-state index contributed by atoms with van der Waals surface area (Å²) in [6, 6.07) is 17.9. The smallest absolute Gasteiger partial charge is 0.320 e. The largest absolute Gasteiger partial charge is 0.455 e. The molecule has 3 aromatic rings. The molecule has 1 aliphatic rings. The van der Waals surface area contributed by atoms with Crippen LogP contribution in [0.3, 0.4) is 0 Å². The van der Waals surface area contributed by atoms with E-state index in [2.05, 4.69) is 16.0 Å². The second-order valence-electron chi connectivity index (χ2n) is 9.05. The van der Waals surface area contributed by atoms with Crippen molar-refractivity contribution in [3.05, 3.63) is 71.4 Å². The highest BCUT2D eigenvalue weighted by atomic mass is 16.5. The monoisotopic (exact) mass is 475 g/mol. The van der Waals surface area contributed by atoms with E-state index in [0.29, 0.717) is 18.7 Å². The van der Waals surface area contributed by atoms with Crippen LogP contribution in [0.5, 0.6) is 0 Å². The van der Waals surface area contributed by atoms with Crippen LogP contribution < -0.4 is 11.1 Å². The van der Waals surface area contributed by atoms with Crippen LogP contribution in [0.4, 0.5) is 0 Å². The Morgan fingerprint density at radius 1 is 1.17 bits per heavy atom. The second kappa shape index (κ2) is 11.2. The van der Waals surface area contributed by atoms with Gasteiger partial charge in [-0.3, -0.25) is 15.0 Å². The number of esters is 1. The number of benzene rings is 2. The number of amidine groups is 1. The molecular formula is C27H33N5O3. The fourth-order valence-corrected chi connectivity index (χ4v) is 4.75. The molecule has 184 valence electrons. The van der Waals surface area contributed by atoms with Crippen molar-refractivity contribution in [2.45, 2.75) is 38.3 Å². The molecule has 0 saturated carbocycles. The maximum absolute atomic E-state index is 12.8. The van der Waals surface area contributed by atoms with Gasteiger partial charge in [0.05, 0.1) is 6.54 Å². The Hall–Kier alpha value is -3.65. The van der Waals surface area contributed by atoms with Gasteiger partial charge in [-0.25, -0.2) is 0 Å². The molecule has 1 amide bonds. The predicted octanol–water partition coefficient (Wildman–Crippen LogP) is 2.72. The second-order valence-corrected chi connectivity index (χ2v) is 9.05. The van der Waals surface area contributed by atoms with Crippen LogP contribution in [0.2, 0.25) is 0 Å². The van der Waals surface area contributed by atoms with Gasteiger partial charge in [0.15, 0.2) is 6.61 Å². The molecule has 4 N–H and O–H groups in total. The molecule has 4 rings (SSSR count). The number of hydrogen-bond donors (Lipinski definition) is 3. The SMILES string of the molecule is Cn1c(CC[C@@H]2CCCN2C(=O)COC(=O)CNCc2ccccc2)cc2ccc(C(=N)N)cc21. The Labute approximate surface area is 205 Å². The molecule has 0 radical (unpaired) electrons. The van der Waals surface area contributed by atoms with E-state index in [9.17, 15) is 9.59 Å². The molecule has 2 aromatic carbocycles. The number of carbonyl (C=O) groups excluding carboxylic acids is 2. The number of aromatic nitrogens is 1. The Kier molecular flexibility index (Phi) is 7.82. The van der Waals surface area contributed by atoms with Gasteiger partial charge in [0.25, 0.3) is 5.91 Å². The zero-order valence-corrected chi connectivity index (χ0v) is 20.1. The van der Waals surface area contributed by atoms with Crippen LogP contribution in [-0.4, -0.2) is 52.9 Å². The summed E-state index contributed by atoms with van der Waals surface area (Å²) in [6.45, 7) is 1.12. The Morgan fingerprint density at radius 2 is 1.97 bits per heavy atom. The van der Waals surface area contributed by atoms with Gasteiger partial charge in [-0.15, -0.1) is 0 Å². The Balaban J connectivity index is 1.26. The van der Waals surface area contributed by atoms with Gasteiger partial charge in [-0.05, 0) is 48.8 Å². The first-order valence-corrected chi connectivity index (χ1v) is 12.0. The molecule has 0 aliphatic carbocycles. The first kappa shape index (κ1) is 24.5. The standard InChI is InChI=1S/C27H33N5O3/c1-31-23(14-20-9-10-21(27(28)29)15-24(20)31)12-11-22-8-5-13-32(22)25(33)18-35-26(34)17-30-16-19-6-3-2-4-7-19/h2-4,6-7,9-10,14-15,22,30H,5,8,11-13,16-18H2,1H3,(H3,28,29)/t22-/m0/s1. The van der Waals surface area contributed by atoms with E-state index in [1.807, 2.05) is 60.5 Å². The molecule has 1 atom stereocenters. The number of nitrogens with two attached hydrogens (primary N) is 1. The lowest BCUT2D eigenvalue weighted by molar-refractivity contribution is -0.151. The van der Waals surface area contributed by atoms with E-state index in [-0.39, 0.29) is 30.9 Å². The molecule has 8 nitrogen and oxygen atoms in total. The lowest BCUT2D eigenvalue weighted by Crippen LogP contribution is -2.39. The average Bonchev–Trinajstić information content (AvgIpc) is 3.46. The van der Waals surface area contributed by atoms with Gasteiger partial charge in [0.2, 0.25) is 0 Å². The van der Waals surface area contributed by atoms with Crippen LogP contribution >= 0.6 is 0 Å². The first-order chi connectivity index (χ1) is 16.9. The highest BCUT2D eigenvalue weighted by molar-refractivity contribution is 5.98. The van der Waals surface area contributed by atoms with E-state index in [1.165, 1.54) is 5.69 Å². The van der Waals surface area contributed by atoms with Gasteiger partial charge < -0.3 is 25.3 Å². The van der Waals surface area contributed by atoms with Crippen molar-refractivity contribution >= 4 is 28.6 Å². The number of fused-ring (bicyclic) bond motifs is 1. The van der Waals surface area contributed by atoms with Gasteiger partial charge in [-0.1, -0.05) is 42.5 Å². The number of nitrogens with zero attached hydrogens (tertiary/aromatic N) is 2. The number of aryl methyl sites for hydroxylation is 2. The predicted molar refractivity (Wildman–Crippen MR) is 136 cm³/mol. The number of likely N-dealkylation sites (tertiary alicyclic amines) is 1. The van der Waals surface area contributed by atoms with E-state index < -0.39 is 5.97 Å². The van der Waals surface area contributed by atoms with Crippen LogP contribution in [0.1, 0.15) is 36.1 Å². The van der Waals surface area contributed by atoms with Crippen molar-refractivity contribution in [1.82, 2.24) is 14.8 Å². The quantitative estimate of drug-likeness (QED) is 0.237. The average molecular weight is 476 g/mol. The number of ether oxygens (including phenoxy) is 1. The van der Waals surface area contributed by atoms with Gasteiger partial charge in [-0.2, -0.15) is 0 Å². The highest BCUT2D eigenvalue weighted by Gasteiger charge is 2.29. The van der Waals surface area contributed by atoms with Gasteiger partial charge in [0.1, 0.15) is 5.84 Å². The first-order valence-electron chi connectivity index (χ1n) is 12.0. The summed E-state index contributed by atoms with van der Waals surface area (Å²) in [4.78, 5) is 26.7. The van der Waals surface area contributed by atoms with Crippen molar-refractivity contribution < 1.29 is 14.3 Å². The van der Waals surface area contributed by atoms with Crippen molar-refractivity contribution in [2.75, 3.05) is 19.7 Å². The Bertz CT molecular complexity index is 1200. The fraction of sp³-hybridized carbons (Fsp3) is 0.370. The molecule has 1 saturated heterocycles. The number of nitrogens with one attached hydrogen (secondary N) is 2. The number of hydrogen-bond acceptors (Lipinski definition) is 5. The molecular weight excluding hydrogens is 442 g/mol. The third kappa shape index (κ3) is 6.08. The maximum Gasteiger partial charge on any atom is 0.320 e. The third-order valence-corrected chi connectivity index (χ3v) is 6.68. The number of carbonyl (C=O) groups is 2. The summed E-state index contributed by atoms with van der Waals surface area (Å²) in [5, 5.41) is 11.8. The van der Waals surface area contributed by atoms with Crippen LogP contribution in [0, 0.1) is 5.41 Å². The summed E-state index contributed by atoms with van der Waals surface area (Å²) in [6.07, 6.45) is 3.59. The summed E-state index contributed by atoms with van der Waals surface area (Å²) < 4.78 is 7.36. The number of nitrogen functional groups attached to an aromatic ring is 1. The van der Waals surface area contributed by atoms with E-state index >= 15 is 0 Å². The molecule has 8 heteroatoms. The molecule has 0 unspecified atom stereocenters. The topological polar surface area (TPSA) is 113 Å². The summed E-state index contributed by atoms with van der Waals surface area (Å²) >= 11 is 0. The molecule has 1 aliphatic heterocycles. The molecule has 0 bridgehead atoms. The molecule has 2 heterocycles. The summed E-state index contributed by atoms with van der Waals surface area (Å²) in [5.74, 6) is -0.500. The highest BCUT2D eigenvalue weighted by Crippen LogP contribution is 2.25. The van der Waals surface area contributed by atoms with E-state index in [4.69, 9.17) is 15.9 Å². The minimum absolute atomic E-state index is 0.0578. The van der Waals surface area contributed by atoms with E-state index in [1.54, 1.807) is 0 Å². The molecule has 35 heavy (non-hydrogen) atoms. The van der Waals surface area contributed by atoms with Crippen molar-refractivity contribution in [1.29, 1.82) is 5.41 Å². The van der Waals surface area contributed by atoms with Crippen LogP contribution in [-0.2, 0) is 34.3 Å². The fourth-order valence-electron chi connectivity index (χ4n) is 4.75. The zero-order chi connectivity index (χ0) is 24.8. The number of rotatable bonds is 10. The van der Waals surface area contributed by atoms with Crippen molar-refractivity contribution in [3.8, 4) is 0 Å². The molecule has 1 fully saturated rings. The lowest BCUT2D eigenvalue weighted by atomic mass is 10.1. The van der Waals surface area contributed by atoms with Crippen molar-refractivity contribution in [3.63, 3.8) is 0 Å². The normalized spacial score (nSPS) is 15.5. The van der Waals surface area contributed by atoms with E-state index in [0.717, 1.165) is 42.1 Å². The third-order valence-electron chi connectivity index (χ3n) is 6.68. The van der Waals surface area contributed by atoms with Crippen LogP contribution in [0.25, 0.3) is 10.9 Å². The zero-order valence-electron chi connectivity index (χ0n) is 20.1. The van der Waals surface area contributed by atoms with Gasteiger partial charge in [0, 0.05) is 43.0 Å². The maximum atomic E-state index is 12.8. The summed E-state index contributed by atoms with van der Waals surface area (Å²) in [7, 11) is 2.02. The van der Waals surface area contributed by atoms with Gasteiger partial charge >= 0.3 is 5.97 Å². The molecule has 0 spiro atoms. The lowest BCUT2D eigenvalue weighted by Gasteiger charge is -2.24. The number of amides is 1. The summed E-state index contributed by atoms with van der Waals surface area (Å²) in [5.41, 5.74) is 9.65. The minimum Gasteiger partial charge on any atom is -0.455 e. The minimum atomic E-state index is -0.426. The van der Waals surface area contributed by atoms with Crippen LogP contribution in [0.15, 0.2) is 54.6 Å². The molecule has 1 aromatic heterocycles. The Morgan fingerprint density at radius 3 is 2.74 bits per heavy atom. The van der Waals surface area contributed by atoms with Crippen molar-refractivity contribution in [2.24, 2.45) is 12.8 Å².